The van der Waals surface area contributed by atoms with Crippen LogP contribution in [0.3, 0.4) is 0 Å². The molecule has 34 heavy (non-hydrogen) atoms. The van der Waals surface area contributed by atoms with Crippen molar-refractivity contribution in [3.8, 4) is 0 Å². The Morgan fingerprint density at radius 2 is 2.00 bits per heavy atom. The van der Waals surface area contributed by atoms with E-state index in [1.54, 1.807) is 13.0 Å². The van der Waals surface area contributed by atoms with Crippen LogP contribution in [-0.4, -0.2) is 74.2 Å². The Labute approximate surface area is 198 Å². The zero-order valence-electron chi connectivity index (χ0n) is 18.6. The van der Waals surface area contributed by atoms with E-state index in [2.05, 4.69) is 5.32 Å². The molecule has 1 saturated heterocycles. The van der Waals surface area contributed by atoms with Gasteiger partial charge in [-0.05, 0) is 30.6 Å². The van der Waals surface area contributed by atoms with Gasteiger partial charge < -0.3 is 24.6 Å². The average Bonchev–Trinajstić information content (AvgIpc) is 2.76. The molecule has 0 aliphatic carbocycles. The third-order valence-electron chi connectivity index (χ3n) is 4.96. The fourth-order valence-electron chi connectivity index (χ4n) is 3.51. The number of benzene rings is 1. The van der Waals surface area contributed by atoms with Gasteiger partial charge in [-0.25, -0.2) is 0 Å². The van der Waals surface area contributed by atoms with Gasteiger partial charge in [0, 0.05) is 11.6 Å². The van der Waals surface area contributed by atoms with Gasteiger partial charge in [-0.15, -0.1) is 0 Å². The van der Waals surface area contributed by atoms with Gasteiger partial charge >= 0.3 is 11.9 Å². The third kappa shape index (κ3) is 7.02. The highest BCUT2D eigenvalue weighted by molar-refractivity contribution is 7.94. The first kappa shape index (κ1) is 26.8. The van der Waals surface area contributed by atoms with E-state index in [0.29, 0.717) is 5.57 Å². The van der Waals surface area contributed by atoms with Crippen LogP contribution in [0.5, 0.6) is 0 Å². The van der Waals surface area contributed by atoms with E-state index in [0.717, 1.165) is 4.90 Å². The van der Waals surface area contributed by atoms with Crippen LogP contribution in [0.15, 0.2) is 35.2 Å². The smallest absolute Gasteiger partial charge is 0.323 e. The second-order valence-corrected chi connectivity index (χ2v) is 8.82. The summed E-state index contributed by atoms with van der Waals surface area (Å²) in [5.41, 5.74) is 0.289. The first-order valence-corrected chi connectivity index (χ1v) is 11.7. The second kappa shape index (κ2) is 12.1. The Balaban J connectivity index is 2.13. The molecule has 0 saturated carbocycles. The van der Waals surface area contributed by atoms with E-state index in [-0.39, 0.29) is 36.5 Å². The number of aliphatic carboxylic acids is 1. The van der Waals surface area contributed by atoms with Crippen LogP contribution in [-0.2, 0) is 41.5 Å². The molecule has 2 N–H and O–H groups in total. The van der Waals surface area contributed by atoms with Crippen molar-refractivity contribution in [1.29, 1.82) is 0 Å². The SMILES string of the molecule is CCOC(=O)CC[S+]([O-])C=C(C)C1C(NC(=O)Cc2ccccc2[N+](=O)[O-])C(=O)N1CC(=O)O. The van der Waals surface area contributed by atoms with Crippen molar-refractivity contribution in [3.63, 3.8) is 0 Å². The van der Waals surface area contributed by atoms with Crippen molar-refractivity contribution in [2.75, 3.05) is 18.9 Å². The molecule has 1 heterocycles. The average molecular weight is 496 g/mol. The normalized spacial score (nSPS) is 18.6. The lowest BCUT2D eigenvalue weighted by Gasteiger charge is -2.46. The molecule has 2 rings (SSSR count). The molecule has 2 amide bonds. The van der Waals surface area contributed by atoms with E-state index < -0.39 is 58.5 Å². The highest BCUT2D eigenvalue weighted by atomic mass is 32.2. The first-order chi connectivity index (χ1) is 16.0. The molecule has 1 aliphatic heterocycles. The number of nitrogens with zero attached hydrogens (tertiary/aromatic N) is 2. The van der Waals surface area contributed by atoms with Crippen molar-refractivity contribution in [3.05, 3.63) is 50.9 Å². The van der Waals surface area contributed by atoms with E-state index in [9.17, 15) is 33.8 Å². The largest absolute Gasteiger partial charge is 0.612 e. The van der Waals surface area contributed by atoms with Crippen LogP contribution < -0.4 is 5.32 Å². The van der Waals surface area contributed by atoms with Crippen molar-refractivity contribution in [2.24, 2.45) is 0 Å². The first-order valence-electron chi connectivity index (χ1n) is 10.3. The zero-order valence-corrected chi connectivity index (χ0v) is 19.4. The quantitative estimate of drug-likeness (QED) is 0.137. The molecule has 0 bridgehead atoms. The molecular weight excluding hydrogens is 470 g/mol. The summed E-state index contributed by atoms with van der Waals surface area (Å²) in [6, 6.07) is 3.70. The number of carbonyl (C=O) groups is 4. The molecule has 1 fully saturated rings. The maximum atomic E-state index is 12.5. The van der Waals surface area contributed by atoms with Gasteiger partial charge in [0.15, 0.2) is 0 Å². The van der Waals surface area contributed by atoms with E-state index in [4.69, 9.17) is 9.84 Å². The number of carbonyl (C=O) groups excluding carboxylic acids is 3. The van der Waals surface area contributed by atoms with Gasteiger partial charge in [-0.2, -0.15) is 0 Å². The minimum absolute atomic E-state index is 0.0233. The standard InChI is InChI=1S/C21H25N3O9S/c1-3-33-18(28)8-9-34(32)12-13(2)20-19(21(29)23(20)11-17(26)27)22-16(25)10-14-6-4-5-7-15(14)24(30)31/h4-7,12,19-20H,3,8-11H2,1-2H3,(H,22,25)(H,26,27). The molecular formula is C21H25N3O9S. The number of likely N-dealkylation sites (tertiary alicyclic amines) is 1. The Kier molecular flexibility index (Phi) is 9.57. The fraction of sp³-hybridized carbons (Fsp3) is 0.429. The Bertz CT molecular complexity index is 997. The lowest BCUT2D eigenvalue weighted by Crippen LogP contribution is -2.71. The number of carboxylic acids is 1. The monoisotopic (exact) mass is 495 g/mol. The summed E-state index contributed by atoms with van der Waals surface area (Å²) in [7, 11) is 0. The highest BCUT2D eigenvalue weighted by Gasteiger charge is 2.50. The summed E-state index contributed by atoms with van der Waals surface area (Å²) in [4.78, 5) is 59.3. The molecule has 13 heteroatoms. The molecule has 0 radical (unpaired) electrons. The van der Waals surface area contributed by atoms with E-state index in [1.807, 2.05) is 0 Å². The van der Waals surface area contributed by atoms with Crippen molar-refractivity contribution in [1.82, 2.24) is 10.2 Å². The van der Waals surface area contributed by atoms with Crippen molar-refractivity contribution < 1.29 is 38.5 Å². The zero-order chi connectivity index (χ0) is 25.4. The third-order valence-corrected chi connectivity index (χ3v) is 6.20. The summed E-state index contributed by atoms with van der Waals surface area (Å²) in [5.74, 6) is -3.10. The number of nitro groups is 1. The summed E-state index contributed by atoms with van der Waals surface area (Å²) in [6.07, 6.45) is -0.441. The molecule has 1 aromatic rings. The molecule has 0 spiro atoms. The number of nitrogens with one attached hydrogen (secondary N) is 1. The van der Waals surface area contributed by atoms with Gasteiger partial charge in [0.2, 0.25) is 11.8 Å². The maximum absolute atomic E-state index is 12.5. The van der Waals surface area contributed by atoms with Crippen LogP contribution in [0.2, 0.25) is 0 Å². The Hall–Kier alpha value is -3.45. The minimum Gasteiger partial charge on any atom is -0.612 e. The summed E-state index contributed by atoms with van der Waals surface area (Å²) in [5, 5.41) is 24.1. The summed E-state index contributed by atoms with van der Waals surface area (Å²) in [6.45, 7) is 2.76. The molecule has 1 aromatic carbocycles. The number of nitro benzene ring substituents is 1. The number of esters is 1. The number of ether oxygens (including phenoxy) is 1. The number of para-hydroxylation sites is 1. The second-order valence-electron chi connectivity index (χ2n) is 7.41. The van der Waals surface area contributed by atoms with Gasteiger partial charge in [0.05, 0.1) is 30.4 Å². The highest BCUT2D eigenvalue weighted by Crippen LogP contribution is 2.27. The van der Waals surface area contributed by atoms with E-state index in [1.165, 1.54) is 30.5 Å². The van der Waals surface area contributed by atoms with Crippen LogP contribution in [0.1, 0.15) is 25.8 Å². The van der Waals surface area contributed by atoms with Crippen LogP contribution >= 0.6 is 0 Å². The number of hydrogen-bond donors (Lipinski definition) is 2. The van der Waals surface area contributed by atoms with Crippen LogP contribution in [0.25, 0.3) is 0 Å². The number of rotatable bonds is 12. The van der Waals surface area contributed by atoms with Crippen molar-refractivity contribution >= 4 is 40.6 Å². The van der Waals surface area contributed by atoms with Crippen molar-refractivity contribution in [2.45, 2.75) is 38.8 Å². The Morgan fingerprint density at radius 3 is 2.62 bits per heavy atom. The van der Waals surface area contributed by atoms with Gasteiger partial charge in [0.25, 0.3) is 5.69 Å². The predicted octanol–water partition coefficient (Wildman–Crippen LogP) is 0.523. The molecule has 1 aliphatic rings. The fourth-order valence-corrected chi connectivity index (χ4v) is 4.55. The van der Waals surface area contributed by atoms with Crippen LogP contribution in [0, 0.1) is 10.1 Å². The topological polar surface area (TPSA) is 179 Å². The molecule has 12 nitrogen and oxygen atoms in total. The lowest BCUT2D eigenvalue weighted by atomic mass is 9.89. The molecule has 3 atom stereocenters. The van der Waals surface area contributed by atoms with Gasteiger partial charge in [-0.1, -0.05) is 18.2 Å². The number of hydrogen-bond acceptors (Lipinski definition) is 8. The molecule has 184 valence electrons. The van der Waals surface area contributed by atoms with Gasteiger partial charge in [0.1, 0.15) is 23.7 Å². The number of β-lactam (4-membered cyclic amide) rings is 1. The van der Waals surface area contributed by atoms with E-state index >= 15 is 0 Å². The predicted molar refractivity (Wildman–Crippen MR) is 120 cm³/mol. The molecule has 3 unspecified atom stereocenters. The summed E-state index contributed by atoms with van der Waals surface area (Å²) < 4.78 is 17.1. The Morgan fingerprint density at radius 1 is 1.32 bits per heavy atom. The minimum atomic E-state index is -1.60. The summed E-state index contributed by atoms with van der Waals surface area (Å²) >= 11 is -1.60. The maximum Gasteiger partial charge on any atom is 0.323 e. The molecule has 0 aromatic heterocycles. The van der Waals surface area contributed by atoms with Crippen LogP contribution in [0.4, 0.5) is 5.69 Å². The number of carboxylic acid groups (broad SMARTS) is 1. The number of amides is 2. The van der Waals surface area contributed by atoms with Gasteiger partial charge in [-0.3, -0.25) is 29.3 Å². The lowest BCUT2D eigenvalue weighted by molar-refractivity contribution is -0.385.